The van der Waals surface area contributed by atoms with Gasteiger partial charge in [0.2, 0.25) is 5.91 Å². The highest BCUT2D eigenvalue weighted by Crippen LogP contribution is 2.30. The van der Waals surface area contributed by atoms with E-state index < -0.39 is 6.36 Å². The molecular formula is C36H38F3N5O3S. The lowest BCUT2D eigenvalue weighted by atomic mass is 9.81. The summed E-state index contributed by atoms with van der Waals surface area (Å²) < 4.78 is 50.3. The summed E-state index contributed by atoms with van der Waals surface area (Å²) in [6.07, 6.45) is -1.50. The van der Waals surface area contributed by atoms with Crippen LogP contribution in [-0.4, -0.2) is 38.7 Å². The van der Waals surface area contributed by atoms with Crippen molar-refractivity contribution in [1.82, 2.24) is 19.3 Å². The van der Waals surface area contributed by atoms with Gasteiger partial charge < -0.3 is 9.47 Å². The normalized spacial score (nSPS) is 12.5. The van der Waals surface area contributed by atoms with E-state index in [1.54, 1.807) is 7.11 Å². The Hall–Kier alpha value is -4.71. The van der Waals surface area contributed by atoms with Crippen LogP contribution in [0.15, 0.2) is 83.4 Å². The lowest BCUT2D eigenvalue weighted by molar-refractivity contribution is -0.274. The first-order valence-corrected chi connectivity index (χ1v) is 16.4. The second-order valence-electron chi connectivity index (χ2n) is 12.7. The lowest BCUT2D eigenvalue weighted by Gasteiger charge is -2.24. The molecule has 0 bridgehead atoms. The van der Waals surface area contributed by atoms with Gasteiger partial charge in [0.15, 0.2) is 10.6 Å². The maximum Gasteiger partial charge on any atom is 0.573 e. The average Bonchev–Trinajstić information content (AvgIpc) is 3.66. The highest BCUT2D eigenvalue weighted by molar-refractivity contribution is 7.07. The number of thiazole rings is 1. The zero-order valence-corrected chi connectivity index (χ0v) is 28.5. The van der Waals surface area contributed by atoms with Crippen molar-refractivity contribution in [3.63, 3.8) is 0 Å². The molecule has 252 valence electrons. The third-order valence-corrected chi connectivity index (χ3v) is 8.88. The molecule has 2 aromatic heterocycles. The smallest absolute Gasteiger partial charge is 0.497 e. The largest absolute Gasteiger partial charge is 0.573 e. The minimum Gasteiger partial charge on any atom is -0.497 e. The van der Waals surface area contributed by atoms with Crippen molar-refractivity contribution in [1.29, 1.82) is 0 Å². The van der Waals surface area contributed by atoms with E-state index in [0.717, 1.165) is 40.2 Å². The Morgan fingerprint density at radius 1 is 1.00 bits per heavy atom. The second kappa shape index (κ2) is 14.2. The molecule has 2 heterocycles. The molecule has 12 heteroatoms. The Bertz CT molecular complexity index is 1940. The number of carbonyl (C=O) groups is 1. The van der Waals surface area contributed by atoms with Crippen molar-refractivity contribution < 1.29 is 27.4 Å². The molecule has 0 aliphatic carbocycles. The van der Waals surface area contributed by atoms with Gasteiger partial charge in [0, 0.05) is 29.1 Å². The van der Waals surface area contributed by atoms with Crippen molar-refractivity contribution in [2.24, 2.45) is 10.4 Å². The van der Waals surface area contributed by atoms with Crippen LogP contribution in [0, 0.1) is 12.3 Å². The molecule has 0 saturated heterocycles. The summed E-state index contributed by atoms with van der Waals surface area (Å²) in [4.78, 5) is 22.7. The number of methoxy groups -OCH3 is 1. The standard InChI is InChI=1S/C36H38F3N5O3S/c1-23(2)30-16-15-29(46-6)19-31(30)44-24(3)21-48-34(44)41-32(45)17-18-35(4,5)20-25-7-9-26(10-8-25)33-40-22-43(42-33)27-11-13-28(14-12-27)47-36(37,38)39/h7-16,19,21-23H,17-18,20H2,1-6H3. The van der Waals surface area contributed by atoms with Crippen LogP contribution in [-0.2, 0) is 11.2 Å². The Balaban J connectivity index is 1.22. The molecule has 0 saturated carbocycles. The van der Waals surface area contributed by atoms with E-state index in [0.29, 0.717) is 29.2 Å². The molecule has 5 aromatic rings. The van der Waals surface area contributed by atoms with Gasteiger partial charge in [-0.2, -0.15) is 4.99 Å². The van der Waals surface area contributed by atoms with Gasteiger partial charge in [-0.25, -0.2) is 9.67 Å². The van der Waals surface area contributed by atoms with Crippen LogP contribution in [0.5, 0.6) is 11.5 Å². The van der Waals surface area contributed by atoms with Gasteiger partial charge in [0.05, 0.1) is 18.5 Å². The van der Waals surface area contributed by atoms with Gasteiger partial charge in [-0.15, -0.1) is 29.6 Å². The van der Waals surface area contributed by atoms with Crippen LogP contribution in [0.2, 0.25) is 0 Å². The van der Waals surface area contributed by atoms with Crippen LogP contribution in [0.3, 0.4) is 0 Å². The number of hydrogen-bond donors (Lipinski definition) is 0. The predicted octanol–water partition coefficient (Wildman–Crippen LogP) is 8.60. The van der Waals surface area contributed by atoms with Gasteiger partial charge >= 0.3 is 6.36 Å². The Labute approximate surface area is 281 Å². The highest BCUT2D eigenvalue weighted by atomic mass is 32.1. The maximum atomic E-state index is 13.2. The molecule has 5 rings (SSSR count). The molecule has 0 unspecified atom stereocenters. The first kappa shape index (κ1) is 34.6. The number of nitrogens with zero attached hydrogens (tertiary/aromatic N) is 5. The molecule has 48 heavy (non-hydrogen) atoms. The summed E-state index contributed by atoms with van der Waals surface area (Å²) in [5.74, 6) is 1.05. The molecule has 0 aliphatic heterocycles. The summed E-state index contributed by atoms with van der Waals surface area (Å²) in [5, 5.41) is 6.49. The number of benzene rings is 3. The number of carbonyl (C=O) groups excluding carboxylic acids is 1. The van der Waals surface area contributed by atoms with Gasteiger partial charge in [-0.1, -0.05) is 58.0 Å². The predicted molar refractivity (Wildman–Crippen MR) is 180 cm³/mol. The van der Waals surface area contributed by atoms with E-state index in [1.165, 1.54) is 46.6 Å². The molecule has 0 spiro atoms. The number of ether oxygens (including phenoxy) is 2. The third kappa shape index (κ3) is 8.60. The van der Waals surface area contributed by atoms with Crippen LogP contribution < -0.4 is 14.3 Å². The molecule has 0 aliphatic rings. The van der Waals surface area contributed by atoms with Crippen LogP contribution in [0.4, 0.5) is 13.2 Å². The summed E-state index contributed by atoms with van der Waals surface area (Å²) >= 11 is 1.45. The number of hydrogen-bond acceptors (Lipinski definition) is 6. The SMILES string of the molecule is COc1ccc(C(C)C)c(-n2c(C)csc2=NC(=O)CCC(C)(C)Cc2ccc(-c3ncn(-c4ccc(OC(F)(F)F)cc4)n3)cc2)c1. The molecule has 0 radical (unpaired) electrons. The number of halogens is 3. The molecule has 0 N–H and O–H groups in total. The Morgan fingerprint density at radius 3 is 2.33 bits per heavy atom. The van der Waals surface area contributed by atoms with Crippen LogP contribution in [0.1, 0.15) is 63.3 Å². The van der Waals surface area contributed by atoms with Gasteiger partial charge in [0.25, 0.3) is 0 Å². The summed E-state index contributed by atoms with van der Waals surface area (Å²) in [6.45, 7) is 10.6. The van der Waals surface area contributed by atoms with E-state index >= 15 is 0 Å². The van der Waals surface area contributed by atoms with Gasteiger partial charge in [-0.05, 0) is 72.6 Å². The highest BCUT2D eigenvalue weighted by Gasteiger charge is 2.31. The zero-order chi connectivity index (χ0) is 34.6. The third-order valence-electron chi connectivity index (χ3n) is 7.94. The fraction of sp³-hybridized carbons (Fsp3) is 0.333. The quantitative estimate of drug-likeness (QED) is 0.140. The minimum atomic E-state index is -4.75. The number of aryl methyl sites for hydroxylation is 1. The van der Waals surface area contributed by atoms with E-state index in [-0.39, 0.29) is 23.0 Å². The summed E-state index contributed by atoms with van der Waals surface area (Å²) in [6, 6.07) is 19.3. The van der Waals surface area contributed by atoms with Gasteiger partial charge in [0.1, 0.15) is 17.8 Å². The van der Waals surface area contributed by atoms with E-state index in [9.17, 15) is 18.0 Å². The lowest BCUT2D eigenvalue weighted by Crippen LogP contribution is -2.20. The first-order valence-electron chi connectivity index (χ1n) is 15.5. The first-order chi connectivity index (χ1) is 22.7. The maximum absolute atomic E-state index is 13.2. The fourth-order valence-corrected chi connectivity index (χ4v) is 6.32. The summed E-state index contributed by atoms with van der Waals surface area (Å²) in [5.41, 5.74) is 5.42. The van der Waals surface area contributed by atoms with Crippen molar-refractivity contribution in [2.45, 2.75) is 66.2 Å². The average molecular weight is 678 g/mol. The van der Waals surface area contributed by atoms with E-state index in [2.05, 4.69) is 53.6 Å². The van der Waals surface area contributed by atoms with Crippen molar-refractivity contribution >= 4 is 17.2 Å². The van der Waals surface area contributed by atoms with E-state index in [4.69, 9.17) is 4.74 Å². The number of amides is 1. The molecule has 8 nitrogen and oxygen atoms in total. The monoisotopic (exact) mass is 677 g/mol. The Kier molecular flexibility index (Phi) is 10.2. The van der Waals surface area contributed by atoms with E-state index in [1.807, 2.05) is 53.3 Å². The summed E-state index contributed by atoms with van der Waals surface area (Å²) in [7, 11) is 1.64. The number of alkyl halides is 3. The minimum absolute atomic E-state index is 0.159. The van der Waals surface area contributed by atoms with Gasteiger partial charge in [-0.3, -0.25) is 9.36 Å². The molecule has 0 atom stereocenters. The van der Waals surface area contributed by atoms with Crippen molar-refractivity contribution in [3.8, 4) is 34.3 Å². The van der Waals surface area contributed by atoms with Crippen LogP contribution in [0.25, 0.3) is 22.8 Å². The number of aromatic nitrogens is 4. The zero-order valence-electron chi connectivity index (χ0n) is 27.7. The van der Waals surface area contributed by atoms with Crippen LogP contribution >= 0.6 is 11.3 Å². The molecule has 0 fully saturated rings. The second-order valence-corrected chi connectivity index (χ2v) is 13.5. The molecule has 1 amide bonds. The molecule has 3 aromatic carbocycles. The number of rotatable bonds is 11. The Morgan fingerprint density at radius 2 is 1.69 bits per heavy atom. The molecular weight excluding hydrogens is 639 g/mol. The fourth-order valence-electron chi connectivity index (χ4n) is 5.44. The van der Waals surface area contributed by atoms with Crippen molar-refractivity contribution in [3.05, 3.63) is 100 Å². The van der Waals surface area contributed by atoms with Crippen molar-refractivity contribution in [2.75, 3.05) is 7.11 Å². The topological polar surface area (TPSA) is 83.5 Å².